The molecule has 0 aliphatic carbocycles. The van der Waals surface area contributed by atoms with Crippen molar-refractivity contribution in [3.63, 3.8) is 0 Å². The van der Waals surface area contributed by atoms with Crippen LogP contribution in [0.4, 0.5) is 9.59 Å². The number of aryl methyl sites for hydroxylation is 4. The predicted molar refractivity (Wildman–Crippen MR) is 278 cm³/mol. The van der Waals surface area contributed by atoms with Gasteiger partial charge in [0.15, 0.2) is 0 Å². The van der Waals surface area contributed by atoms with Crippen molar-refractivity contribution < 1.29 is 29.0 Å². The zero-order chi connectivity index (χ0) is 49.7. The summed E-state index contributed by atoms with van der Waals surface area (Å²) in [7, 11) is 0. The number of benzene rings is 2. The van der Waals surface area contributed by atoms with Crippen LogP contribution in [0.1, 0.15) is 128 Å². The lowest BCUT2D eigenvalue weighted by atomic mass is 9.93. The zero-order valence-electron chi connectivity index (χ0n) is 40.4. The molecule has 0 radical (unpaired) electrons. The standard InChI is InChI=1S/C26H30ClN3O3S.C19H26ClN3O2S.C8H8O/c1-26(2,3)33-25(32)29-15-13-18(14-16-29)22-17-20(9-10-21-11-12-23(27)34-21)30(28-22)24(31)19-7-5-4-6-8-19;1-19(2,3)25-18(24)23-10-8-13(9-11-23)16-12-14(21-22-16)4-5-15-6-7-17(20)26-15;1-7(9)8-5-3-2-4-6-8/h4-8,11-12,17-18H,9-10,13-16H2,1-3H3;6-7,12-13H,4-5,8-11H2,1-3H3,(H,21,22);2-6,9H,1H2. The van der Waals surface area contributed by atoms with Crippen LogP contribution in [-0.2, 0) is 35.2 Å². The fourth-order valence-corrected chi connectivity index (χ4v) is 10.1. The molecule has 2 aliphatic heterocycles. The Labute approximate surface area is 424 Å². The van der Waals surface area contributed by atoms with E-state index in [4.69, 9.17) is 42.9 Å². The summed E-state index contributed by atoms with van der Waals surface area (Å²) in [6.45, 7) is 17.4. The van der Waals surface area contributed by atoms with Gasteiger partial charge in [0, 0.05) is 70.3 Å². The average molecular weight is 1020 g/mol. The summed E-state index contributed by atoms with van der Waals surface area (Å²) in [5, 5.41) is 21.3. The summed E-state index contributed by atoms with van der Waals surface area (Å²) in [4.78, 5) is 43.9. The lowest BCUT2D eigenvalue weighted by Crippen LogP contribution is -2.41. The van der Waals surface area contributed by atoms with E-state index in [9.17, 15) is 14.4 Å². The number of aliphatic hydroxyl groups excluding tert-OH is 1. The molecule has 2 saturated heterocycles. The van der Waals surface area contributed by atoms with Crippen LogP contribution in [0.5, 0.6) is 0 Å². The van der Waals surface area contributed by atoms with Crippen LogP contribution in [0, 0.1) is 0 Å². The average Bonchev–Trinajstić information content (AvgIpc) is 4.16. The minimum atomic E-state index is -0.508. The number of H-pyrrole nitrogens is 1. The number of amides is 2. The first-order valence-electron chi connectivity index (χ1n) is 23.4. The summed E-state index contributed by atoms with van der Waals surface area (Å²) >= 11 is 15.3. The highest BCUT2D eigenvalue weighted by Gasteiger charge is 2.31. The van der Waals surface area contributed by atoms with Crippen LogP contribution in [0.2, 0.25) is 8.67 Å². The van der Waals surface area contributed by atoms with Crippen LogP contribution in [-0.4, -0.2) is 90.4 Å². The Morgan fingerprint density at radius 3 is 1.57 bits per heavy atom. The lowest BCUT2D eigenvalue weighted by molar-refractivity contribution is 0.0193. The quantitative estimate of drug-likeness (QED) is 0.129. The Kier molecular flexibility index (Phi) is 18.7. The third-order valence-electron chi connectivity index (χ3n) is 11.4. The van der Waals surface area contributed by atoms with Gasteiger partial charge < -0.3 is 24.4 Å². The van der Waals surface area contributed by atoms with Crippen molar-refractivity contribution in [2.24, 2.45) is 0 Å². The van der Waals surface area contributed by atoms with Crippen LogP contribution < -0.4 is 0 Å². The van der Waals surface area contributed by atoms with Crippen molar-refractivity contribution in [3.8, 4) is 0 Å². The Bertz CT molecular complexity index is 2600. The topological polar surface area (TPSA) is 143 Å². The maximum atomic E-state index is 13.3. The van der Waals surface area contributed by atoms with E-state index < -0.39 is 11.2 Å². The Morgan fingerprint density at radius 2 is 1.13 bits per heavy atom. The normalized spacial score (nSPS) is 14.6. The number of hydrogen-bond acceptors (Lipinski definition) is 10. The van der Waals surface area contributed by atoms with Crippen LogP contribution in [0.15, 0.2) is 104 Å². The van der Waals surface area contributed by atoms with Gasteiger partial charge in [-0.05, 0) is 141 Å². The maximum Gasteiger partial charge on any atom is 0.410 e. The molecule has 368 valence electrons. The second kappa shape index (κ2) is 24.4. The molecule has 2 N–H and O–H groups in total. The second-order valence-corrected chi connectivity index (χ2v) is 22.8. The first-order chi connectivity index (χ1) is 32.8. The number of aromatic nitrogens is 4. The lowest BCUT2D eigenvalue weighted by Gasteiger charge is -2.32. The molecule has 16 heteroatoms. The second-order valence-electron chi connectivity index (χ2n) is 19.2. The molecule has 0 bridgehead atoms. The van der Waals surface area contributed by atoms with Crippen LogP contribution in [0.3, 0.4) is 0 Å². The number of likely N-dealkylation sites (tertiary alicyclic amines) is 2. The summed E-state index contributed by atoms with van der Waals surface area (Å²) in [5.74, 6) is 0.584. The molecular weight excluding hydrogens is 952 g/mol. The molecule has 0 saturated carbocycles. The fourth-order valence-electron chi connectivity index (χ4n) is 7.89. The van der Waals surface area contributed by atoms with Gasteiger partial charge in [-0.1, -0.05) is 78.3 Å². The highest BCUT2D eigenvalue weighted by Crippen LogP contribution is 2.31. The van der Waals surface area contributed by atoms with Gasteiger partial charge in [-0.2, -0.15) is 10.2 Å². The van der Waals surface area contributed by atoms with Gasteiger partial charge in [0.1, 0.15) is 17.0 Å². The van der Waals surface area contributed by atoms with E-state index in [-0.39, 0.29) is 29.8 Å². The number of thiophene rings is 2. The molecule has 12 nitrogen and oxygen atoms in total. The monoisotopic (exact) mass is 1010 g/mol. The maximum absolute atomic E-state index is 13.3. The number of hydrogen-bond donors (Lipinski definition) is 2. The van der Waals surface area contributed by atoms with Crippen molar-refractivity contribution in [1.82, 2.24) is 29.8 Å². The Morgan fingerprint density at radius 1 is 0.667 bits per heavy atom. The van der Waals surface area contributed by atoms with Crippen LogP contribution in [0.25, 0.3) is 5.76 Å². The summed E-state index contributed by atoms with van der Waals surface area (Å²) in [6, 6.07) is 30.6. The van der Waals surface area contributed by atoms with Crippen molar-refractivity contribution in [2.75, 3.05) is 26.2 Å². The molecular formula is C53H64Cl2N6O6S2. The van der Waals surface area contributed by atoms with Gasteiger partial charge in [0.2, 0.25) is 0 Å². The number of piperidine rings is 2. The number of nitrogens with one attached hydrogen (secondary N) is 1. The highest BCUT2D eigenvalue weighted by molar-refractivity contribution is 7.16. The predicted octanol–water partition coefficient (Wildman–Crippen LogP) is 13.4. The van der Waals surface area contributed by atoms with Gasteiger partial charge in [0.25, 0.3) is 5.91 Å². The number of halogens is 2. The molecule has 4 aromatic heterocycles. The first kappa shape index (κ1) is 53.0. The van der Waals surface area contributed by atoms with E-state index in [2.05, 4.69) is 35.0 Å². The van der Waals surface area contributed by atoms with E-state index in [1.165, 1.54) is 9.75 Å². The van der Waals surface area contributed by atoms with E-state index in [1.807, 2.05) is 120 Å². The van der Waals surface area contributed by atoms with Crippen molar-refractivity contribution in [2.45, 2.75) is 116 Å². The number of carbonyl (C=O) groups is 3. The molecule has 0 unspecified atom stereocenters. The fraction of sp³-hybridized carbons (Fsp3) is 0.415. The number of nitrogens with zero attached hydrogens (tertiary/aromatic N) is 5. The van der Waals surface area contributed by atoms with Crippen molar-refractivity contribution in [1.29, 1.82) is 0 Å². The molecule has 6 heterocycles. The molecule has 0 atom stereocenters. The number of ether oxygens (including phenoxy) is 2. The van der Waals surface area contributed by atoms with Crippen molar-refractivity contribution in [3.05, 3.63) is 156 Å². The number of aromatic amines is 1. The highest BCUT2D eigenvalue weighted by atomic mass is 35.5. The molecule has 2 fully saturated rings. The van der Waals surface area contributed by atoms with Gasteiger partial charge in [0.05, 0.1) is 20.1 Å². The molecule has 8 rings (SSSR count). The smallest absolute Gasteiger partial charge is 0.410 e. The molecule has 2 aliphatic rings. The third-order valence-corrected chi connectivity index (χ3v) is 14.0. The van der Waals surface area contributed by atoms with Gasteiger partial charge in [-0.3, -0.25) is 9.89 Å². The Balaban J connectivity index is 0.000000196. The number of aliphatic hydroxyl groups is 1. The van der Waals surface area contributed by atoms with E-state index in [0.29, 0.717) is 31.0 Å². The molecule has 6 aromatic rings. The van der Waals surface area contributed by atoms with Gasteiger partial charge >= 0.3 is 12.2 Å². The van der Waals surface area contributed by atoms with E-state index in [1.54, 1.807) is 37.2 Å². The summed E-state index contributed by atoms with van der Waals surface area (Å²) in [6.07, 6.45) is 6.32. The SMILES string of the molecule is C=C(O)c1ccccc1.CC(C)(C)OC(=O)N1CCC(c2cc(CCc3ccc(Cl)s3)[nH]n2)CC1.CC(C)(C)OC(=O)N1CCC(c2cc(CCc3ccc(Cl)s3)n(C(=O)c3ccccc3)n2)CC1. The number of rotatable bonds is 10. The largest absolute Gasteiger partial charge is 0.508 e. The van der Waals surface area contributed by atoms with E-state index in [0.717, 1.165) is 95.0 Å². The summed E-state index contributed by atoms with van der Waals surface area (Å²) in [5.41, 5.74) is 4.49. The van der Waals surface area contributed by atoms with Gasteiger partial charge in [-0.15, -0.1) is 22.7 Å². The first-order valence-corrected chi connectivity index (χ1v) is 25.8. The van der Waals surface area contributed by atoms with Gasteiger partial charge in [-0.25, -0.2) is 14.3 Å². The summed E-state index contributed by atoms with van der Waals surface area (Å²) < 4.78 is 14.1. The minimum absolute atomic E-state index is 0.121. The van der Waals surface area contributed by atoms with Crippen molar-refractivity contribution >= 4 is 69.7 Å². The Hall–Kier alpha value is -5.41. The van der Waals surface area contributed by atoms with Crippen LogP contribution >= 0.6 is 45.9 Å². The number of carbonyl (C=O) groups excluding carboxylic acids is 3. The van der Waals surface area contributed by atoms with E-state index >= 15 is 0 Å². The zero-order valence-corrected chi connectivity index (χ0v) is 43.5. The molecule has 2 aromatic carbocycles. The third kappa shape index (κ3) is 16.6. The molecule has 0 spiro atoms. The molecule has 69 heavy (non-hydrogen) atoms. The molecule has 2 amide bonds. The minimum Gasteiger partial charge on any atom is -0.508 e.